The number of imidazole rings is 1. The molecule has 0 saturated carbocycles. The second kappa shape index (κ2) is 2.87. The summed E-state index contributed by atoms with van der Waals surface area (Å²) in [7, 11) is 0. The molecule has 4 nitrogen and oxygen atoms in total. The van der Waals surface area contributed by atoms with Crippen LogP contribution in [0.4, 0.5) is 0 Å². The fraction of sp³-hybridized carbons (Fsp3) is 0.100. The molecule has 0 radical (unpaired) electrons. The number of aromatic hydroxyl groups is 1. The molecule has 1 N–H and O–H groups in total. The van der Waals surface area contributed by atoms with Crippen molar-refractivity contribution < 1.29 is 5.11 Å². The Morgan fingerprint density at radius 3 is 3.00 bits per heavy atom. The minimum atomic E-state index is 0.236. The van der Waals surface area contributed by atoms with E-state index < -0.39 is 0 Å². The van der Waals surface area contributed by atoms with Gasteiger partial charge in [0, 0.05) is 11.5 Å². The third kappa shape index (κ3) is 1.16. The van der Waals surface area contributed by atoms with Gasteiger partial charge >= 0.3 is 0 Å². The molecule has 0 amide bonds. The van der Waals surface area contributed by atoms with Crippen molar-refractivity contribution in [1.82, 2.24) is 14.3 Å². The van der Waals surface area contributed by atoms with Crippen LogP contribution in [0, 0.1) is 6.92 Å². The van der Waals surface area contributed by atoms with Crippen molar-refractivity contribution in [3.8, 4) is 5.75 Å². The number of hydrogen-bond acceptors (Lipinski definition) is 5. The van der Waals surface area contributed by atoms with E-state index in [1.165, 1.54) is 17.9 Å². The number of hydrogen-bond donors (Lipinski definition) is 1. The molecule has 0 spiro atoms. The van der Waals surface area contributed by atoms with Crippen LogP contribution in [-0.4, -0.2) is 19.4 Å². The highest BCUT2D eigenvalue weighted by molar-refractivity contribution is 7.14. The maximum Gasteiger partial charge on any atom is 0.126 e. The molecule has 0 fully saturated rings. The quantitative estimate of drug-likeness (QED) is 0.627. The summed E-state index contributed by atoms with van der Waals surface area (Å²) in [6.07, 6.45) is 1.50. The molecule has 0 atom stereocenters. The molecule has 0 unspecified atom stereocenters. The Hall–Kier alpha value is -1.75. The number of phenols is 1. The monoisotopic (exact) mass is 217 g/mol. The standard InChI is InChI=1S/C10H7N3OS/c1-5-2-6-8(14)3-7-9(12-4-11-7)10(6)15-13-5/h2-4,14H,1H3. The first-order valence-corrected chi connectivity index (χ1v) is 5.23. The molecular formula is C10H7N3OS. The molecule has 15 heavy (non-hydrogen) atoms. The lowest BCUT2D eigenvalue weighted by atomic mass is 10.2. The lowest BCUT2D eigenvalue weighted by Crippen LogP contribution is -1.80. The normalized spacial score (nSPS) is 11.3. The molecule has 0 aliphatic rings. The molecule has 2 aromatic heterocycles. The van der Waals surface area contributed by atoms with Crippen LogP contribution >= 0.6 is 11.5 Å². The number of aryl methyl sites for hydroxylation is 1. The SMILES string of the molecule is Cc1cc2c(O)cc3ncnc3c2sn1. The largest absolute Gasteiger partial charge is 0.507 e. The van der Waals surface area contributed by atoms with Gasteiger partial charge in [-0.3, -0.25) is 0 Å². The van der Waals surface area contributed by atoms with E-state index >= 15 is 0 Å². The summed E-state index contributed by atoms with van der Waals surface area (Å²) in [5, 5.41) is 10.6. The van der Waals surface area contributed by atoms with Gasteiger partial charge in [0.2, 0.25) is 0 Å². The van der Waals surface area contributed by atoms with Crippen molar-refractivity contribution >= 4 is 32.7 Å². The van der Waals surface area contributed by atoms with Crippen LogP contribution in [0.1, 0.15) is 5.69 Å². The van der Waals surface area contributed by atoms with E-state index in [-0.39, 0.29) is 5.75 Å². The van der Waals surface area contributed by atoms with Crippen LogP contribution in [0.2, 0.25) is 0 Å². The summed E-state index contributed by atoms with van der Waals surface area (Å²) in [6, 6.07) is 3.49. The predicted octanol–water partition coefficient (Wildman–Crippen LogP) is 2.25. The van der Waals surface area contributed by atoms with Crippen LogP contribution in [0.5, 0.6) is 5.75 Å². The molecule has 74 valence electrons. The second-order valence-electron chi connectivity index (χ2n) is 3.35. The lowest BCUT2D eigenvalue weighted by Gasteiger charge is -2.01. The van der Waals surface area contributed by atoms with Crippen molar-refractivity contribution in [2.45, 2.75) is 6.92 Å². The number of benzene rings is 1. The molecule has 0 aliphatic carbocycles. The van der Waals surface area contributed by atoms with Crippen molar-refractivity contribution in [3.05, 3.63) is 24.2 Å². The summed E-state index contributed by atoms with van der Waals surface area (Å²) < 4.78 is 5.12. The number of phenolic OH excluding ortho intramolecular Hbond substituents is 1. The molecule has 2 heterocycles. The molecular weight excluding hydrogens is 210 g/mol. The smallest absolute Gasteiger partial charge is 0.126 e. The van der Waals surface area contributed by atoms with Crippen molar-refractivity contribution in [2.75, 3.05) is 0 Å². The van der Waals surface area contributed by atoms with Crippen LogP contribution < -0.4 is 0 Å². The number of aromatic nitrogens is 3. The van der Waals surface area contributed by atoms with Crippen LogP contribution in [0.25, 0.3) is 21.1 Å². The Kier molecular flexibility index (Phi) is 1.63. The zero-order valence-electron chi connectivity index (χ0n) is 7.93. The summed E-state index contributed by atoms with van der Waals surface area (Å²) in [4.78, 5) is 8.23. The topological polar surface area (TPSA) is 58.9 Å². The third-order valence-electron chi connectivity index (χ3n) is 2.27. The second-order valence-corrected chi connectivity index (χ2v) is 4.12. The maximum absolute atomic E-state index is 9.82. The Balaban J connectivity index is 2.61. The van der Waals surface area contributed by atoms with Gasteiger partial charge in [-0.15, -0.1) is 0 Å². The van der Waals surface area contributed by atoms with Crippen LogP contribution in [0.3, 0.4) is 0 Å². The number of rotatable bonds is 0. The first-order chi connectivity index (χ1) is 7.25. The zero-order chi connectivity index (χ0) is 10.4. The molecule has 0 aliphatic heterocycles. The van der Waals surface area contributed by atoms with E-state index in [0.717, 1.165) is 21.3 Å². The van der Waals surface area contributed by atoms with E-state index in [1.807, 2.05) is 13.0 Å². The van der Waals surface area contributed by atoms with Gasteiger partial charge in [0.1, 0.15) is 17.6 Å². The molecule has 3 rings (SSSR count). The Bertz CT molecular complexity index is 662. The van der Waals surface area contributed by atoms with Gasteiger partial charge in [-0.25, -0.2) is 9.97 Å². The van der Waals surface area contributed by atoms with Crippen molar-refractivity contribution in [2.24, 2.45) is 0 Å². The van der Waals surface area contributed by atoms with Gasteiger partial charge in [0.25, 0.3) is 0 Å². The van der Waals surface area contributed by atoms with Crippen LogP contribution in [0.15, 0.2) is 18.5 Å². The highest BCUT2D eigenvalue weighted by Gasteiger charge is 2.09. The zero-order valence-corrected chi connectivity index (χ0v) is 8.75. The van der Waals surface area contributed by atoms with Gasteiger partial charge in [0.05, 0.1) is 15.9 Å². The van der Waals surface area contributed by atoms with Gasteiger partial charge in [-0.1, -0.05) is 0 Å². The van der Waals surface area contributed by atoms with Gasteiger partial charge in [-0.2, -0.15) is 4.37 Å². The first kappa shape index (κ1) is 8.55. The van der Waals surface area contributed by atoms with Gasteiger partial charge in [-0.05, 0) is 24.5 Å². The summed E-state index contributed by atoms with van der Waals surface area (Å²) >= 11 is 1.34. The fourth-order valence-corrected chi connectivity index (χ4v) is 2.39. The first-order valence-electron chi connectivity index (χ1n) is 4.45. The number of fused-ring (bicyclic) bond motifs is 3. The highest BCUT2D eigenvalue weighted by atomic mass is 32.1. The molecule has 5 heteroatoms. The number of nitrogens with zero attached hydrogens (tertiary/aromatic N) is 3. The lowest BCUT2D eigenvalue weighted by molar-refractivity contribution is 0.482. The predicted molar refractivity (Wildman–Crippen MR) is 59.1 cm³/mol. The van der Waals surface area contributed by atoms with Crippen molar-refractivity contribution in [3.63, 3.8) is 0 Å². The molecule has 3 aromatic rings. The molecule has 0 bridgehead atoms. The Morgan fingerprint density at radius 2 is 2.13 bits per heavy atom. The van der Waals surface area contributed by atoms with Crippen molar-refractivity contribution in [1.29, 1.82) is 0 Å². The van der Waals surface area contributed by atoms with E-state index in [1.54, 1.807) is 6.07 Å². The summed E-state index contributed by atoms with van der Waals surface area (Å²) in [5.74, 6) is 0.236. The third-order valence-corrected chi connectivity index (χ3v) is 3.24. The summed E-state index contributed by atoms with van der Waals surface area (Å²) in [6.45, 7) is 1.90. The van der Waals surface area contributed by atoms with E-state index in [4.69, 9.17) is 0 Å². The maximum atomic E-state index is 9.82. The molecule has 0 saturated heterocycles. The van der Waals surface area contributed by atoms with E-state index in [0.29, 0.717) is 5.52 Å². The average Bonchev–Trinajstić information content (AvgIpc) is 2.66. The minimum absolute atomic E-state index is 0.236. The Labute approximate surface area is 89.4 Å². The van der Waals surface area contributed by atoms with E-state index in [9.17, 15) is 5.11 Å². The average molecular weight is 217 g/mol. The van der Waals surface area contributed by atoms with Gasteiger partial charge in [0.15, 0.2) is 0 Å². The van der Waals surface area contributed by atoms with Crippen LogP contribution in [-0.2, 0) is 0 Å². The fourth-order valence-electron chi connectivity index (χ4n) is 1.59. The van der Waals surface area contributed by atoms with E-state index in [2.05, 4.69) is 14.3 Å². The highest BCUT2D eigenvalue weighted by Crippen LogP contribution is 2.32. The minimum Gasteiger partial charge on any atom is -0.507 e. The van der Waals surface area contributed by atoms with Gasteiger partial charge < -0.3 is 5.11 Å². The Morgan fingerprint density at radius 1 is 1.27 bits per heavy atom. The molecule has 1 aromatic carbocycles. The summed E-state index contributed by atoms with van der Waals surface area (Å²) in [5.41, 5.74) is 2.41.